The molecule has 102 valence electrons. The molecule has 2 heterocycles. The molecule has 0 amide bonds. The third kappa shape index (κ3) is 2.51. The lowest BCUT2D eigenvalue weighted by Crippen LogP contribution is -2.06. The van der Waals surface area contributed by atoms with Gasteiger partial charge in [-0.25, -0.2) is 0 Å². The van der Waals surface area contributed by atoms with E-state index in [-0.39, 0.29) is 6.04 Å². The quantitative estimate of drug-likeness (QED) is 0.697. The lowest BCUT2D eigenvalue weighted by atomic mass is 10.1. The first-order valence-electron chi connectivity index (χ1n) is 6.50. The summed E-state index contributed by atoms with van der Waals surface area (Å²) in [5, 5.41) is 7.43. The number of benzene rings is 1. The maximum Gasteiger partial charge on any atom is 0.0934 e. The van der Waals surface area contributed by atoms with E-state index < -0.39 is 0 Å². The highest BCUT2D eigenvalue weighted by Gasteiger charge is 2.12. The molecule has 0 bridgehead atoms. The molecule has 2 aromatic heterocycles. The van der Waals surface area contributed by atoms with Crippen molar-refractivity contribution in [2.45, 2.75) is 19.9 Å². The minimum Gasteiger partial charge on any atom is -0.376 e. The van der Waals surface area contributed by atoms with E-state index in [0.29, 0.717) is 0 Å². The third-order valence-electron chi connectivity index (χ3n) is 3.34. The van der Waals surface area contributed by atoms with Gasteiger partial charge in [-0.05, 0) is 49.1 Å². The van der Waals surface area contributed by atoms with E-state index in [1.54, 1.807) is 11.3 Å². The second-order valence-electron chi connectivity index (χ2n) is 4.86. The molecule has 1 atom stereocenters. The summed E-state index contributed by atoms with van der Waals surface area (Å²) >= 11 is 7.97. The van der Waals surface area contributed by atoms with Crippen molar-refractivity contribution in [2.75, 3.05) is 5.32 Å². The molecule has 0 fully saturated rings. The summed E-state index contributed by atoms with van der Waals surface area (Å²) in [6.07, 6.45) is 1.81. The summed E-state index contributed by atoms with van der Waals surface area (Å²) in [5.74, 6) is 0. The first-order valence-corrected chi connectivity index (χ1v) is 7.75. The molecule has 20 heavy (non-hydrogen) atoms. The number of pyridine rings is 1. The summed E-state index contributed by atoms with van der Waals surface area (Å²) in [5.41, 5.74) is 3.25. The second-order valence-corrected chi connectivity index (χ2v) is 6.25. The molecule has 3 aromatic rings. The fourth-order valence-corrected chi connectivity index (χ4v) is 3.56. The molecular formula is C16H15ClN2S. The van der Waals surface area contributed by atoms with Crippen LogP contribution in [0.4, 0.5) is 5.69 Å². The van der Waals surface area contributed by atoms with Gasteiger partial charge >= 0.3 is 0 Å². The number of thiophene rings is 1. The van der Waals surface area contributed by atoms with Crippen molar-refractivity contribution in [1.29, 1.82) is 0 Å². The van der Waals surface area contributed by atoms with Crippen LogP contribution < -0.4 is 5.32 Å². The molecule has 0 spiro atoms. The Morgan fingerprint density at radius 3 is 2.90 bits per heavy atom. The molecule has 2 nitrogen and oxygen atoms in total. The van der Waals surface area contributed by atoms with Crippen LogP contribution in [0.2, 0.25) is 5.02 Å². The van der Waals surface area contributed by atoms with Crippen LogP contribution in [0.1, 0.15) is 23.4 Å². The van der Waals surface area contributed by atoms with E-state index in [4.69, 9.17) is 11.6 Å². The fourth-order valence-electron chi connectivity index (χ4n) is 2.39. The van der Waals surface area contributed by atoms with E-state index in [2.05, 4.69) is 35.6 Å². The smallest absolute Gasteiger partial charge is 0.0934 e. The predicted molar refractivity (Wildman–Crippen MR) is 87.8 cm³/mol. The molecule has 1 unspecified atom stereocenters. The number of fused-ring (bicyclic) bond motifs is 1. The van der Waals surface area contributed by atoms with Crippen molar-refractivity contribution >= 4 is 39.5 Å². The zero-order chi connectivity index (χ0) is 14.1. The molecule has 0 saturated carbocycles. The standard InChI is InChI=1S/C16H15ClN2S/c1-10-5-7-20-16(10)11(2)19-14-9-13(17)8-12-4-3-6-18-15(12)14/h3-9,11,19H,1-2H3. The molecule has 0 aliphatic heterocycles. The van der Waals surface area contributed by atoms with E-state index in [0.717, 1.165) is 21.6 Å². The van der Waals surface area contributed by atoms with Crippen LogP contribution in [0.3, 0.4) is 0 Å². The van der Waals surface area contributed by atoms with Crippen LogP contribution in [0, 0.1) is 6.92 Å². The minimum absolute atomic E-state index is 0.235. The molecule has 4 heteroatoms. The molecule has 1 N–H and O–H groups in total. The summed E-state index contributed by atoms with van der Waals surface area (Å²) < 4.78 is 0. The maximum absolute atomic E-state index is 6.20. The van der Waals surface area contributed by atoms with Gasteiger partial charge in [0.15, 0.2) is 0 Å². The van der Waals surface area contributed by atoms with Gasteiger partial charge in [0.25, 0.3) is 0 Å². The number of nitrogens with one attached hydrogen (secondary N) is 1. The van der Waals surface area contributed by atoms with Gasteiger partial charge in [-0.3, -0.25) is 4.98 Å². The van der Waals surface area contributed by atoms with Gasteiger partial charge in [0.2, 0.25) is 0 Å². The Labute approximate surface area is 127 Å². The van der Waals surface area contributed by atoms with E-state index >= 15 is 0 Å². The van der Waals surface area contributed by atoms with Crippen LogP contribution in [0.25, 0.3) is 10.9 Å². The zero-order valence-electron chi connectivity index (χ0n) is 11.4. The molecule has 0 saturated heterocycles. The summed E-state index contributed by atoms with van der Waals surface area (Å²) in [6.45, 7) is 4.30. The van der Waals surface area contributed by atoms with Crippen molar-refractivity contribution in [3.63, 3.8) is 0 Å². The van der Waals surface area contributed by atoms with Crippen LogP contribution in [-0.2, 0) is 0 Å². The van der Waals surface area contributed by atoms with Crippen molar-refractivity contribution in [2.24, 2.45) is 0 Å². The fraction of sp³-hybridized carbons (Fsp3) is 0.188. The normalized spacial score (nSPS) is 12.6. The monoisotopic (exact) mass is 302 g/mol. The molecular weight excluding hydrogens is 288 g/mol. The number of nitrogens with zero attached hydrogens (tertiary/aromatic N) is 1. The van der Waals surface area contributed by atoms with Gasteiger partial charge in [0, 0.05) is 21.5 Å². The number of anilines is 1. The van der Waals surface area contributed by atoms with E-state index in [9.17, 15) is 0 Å². The number of aromatic nitrogens is 1. The number of rotatable bonds is 3. The molecule has 3 rings (SSSR count). The van der Waals surface area contributed by atoms with E-state index in [1.807, 2.05) is 30.5 Å². The van der Waals surface area contributed by atoms with Crippen LogP contribution in [0.15, 0.2) is 41.9 Å². The topological polar surface area (TPSA) is 24.9 Å². The first kappa shape index (κ1) is 13.4. The minimum atomic E-state index is 0.235. The van der Waals surface area contributed by atoms with Gasteiger partial charge in [0.05, 0.1) is 17.2 Å². The Morgan fingerprint density at radius 1 is 1.30 bits per heavy atom. The van der Waals surface area contributed by atoms with E-state index in [1.165, 1.54) is 10.4 Å². The summed E-state index contributed by atoms with van der Waals surface area (Å²) in [6, 6.07) is 10.2. The van der Waals surface area contributed by atoms with Crippen molar-refractivity contribution < 1.29 is 0 Å². The Balaban J connectivity index is 2.00. The summed E-state index contributed by atoms with van der Waals surface area (Å²) in [7, 11) is 0. The zero-order valence-corrected chi connectivity index (χ0v) is 12.9. The van der Waals surface area contributed by atoms with Gasteiger partial charge in [-0.2, -0.15) is 0 Å². The highest BCUT2D eigenvalue weighted by Crippen LogP contribution is 2.31. The highest BCUT2D eigenvalue weighted by molar-refractivity contribution is 7.10. The first-order chi connectivity index (χ1) is 9.65. The second kappa shape index (κ2) is 5.43. The number of hydrogen-bond acceptors (Lipinski definition) is 3. The van der Waals surface area contributed by atoms with Gasteiger partial charge in [-0.1, -0.05) is 17.7 Å². The lowest BCUT2D eigenvalue weighted by Gasteiger charge is -2.16. The number of hydrogen-bond donors (Lipinski definition) is 1. The highest BCUT2D eigenvalue weighted by atomic mass is 35.5. The molecule has 0 radical (unpaired) electrons. The molecule has 0 aliphatic rings. The Bertz CT molecular complexity index is 751. The molecule has 1 aromatic carbocycles. The summed E-state index contributed by atoms with van der Waals surface area (Å²) in [4.78, 5) is 5.80. The Kier molecular flexibility index (Phi) is 3.64. The SMILES string of the molecule is Cc1ccsc1C(C)Nc1cc(Cl)cc2cccnc12. The predicted octanol–water partition coefficient (Wildman–Crippen LogP) is 5.43. The molecule has 0 aliphatic carbocycles. The third-order valence-corrected chi connectivity index (χ3v) is 4.76. The van der Waals surface area contributed by atoms with Crippen LogP contribution in [-0.4, -0.2) is 4.98 Å². The maximum atomic E-state index is 6.20. The number of halogens is 1. The average molecular weight is 303 g/mol. The van der Waals surface area contributed by atoms with Gasteiger partial charge < -0.3 is 5.32 Å². The Hall–Kier alpha value is -1.58. The Morgan fingerprint density at radius 2 is 2.15 bits per heavy atom. The average Bonchev–Trinajstić information content (AvgIpc) is 2.85. The van der Waals surface area contributed by atoms with Crippen LogP contribution >= 0.6 is 22.9 Å². The van der Waals surface area contributed by atoms with Gasteiger partial charge in [-0.15, -0.1) is 11.3 Å². The van der Waals surface area contributed by atoms with Crippen LogP contribution in [0.5, 0.6) is 0 Å². The largest absolute Gasteiger partial charge is 0.376 e. The van der Waals surface area contributed by atoms with Crippen molar-refractivity contribution in [3.8, 4) is 0 Å². The van der Waals surface area contributed by atoms with Crippen molar-refractivity contribution in [1.82, 2.24) is 4.98 Å². The number of aryl methyl sites for hydroxylation is 1. The van der Waals surface area contributed by atoms with Crippen molar-refractivity contribution in [3.05, 3.63) is 57.4 Å². The van der Waals surface area contributed by atoms with Gasteiger partial charge in [0.1, 0.15) is 0 Å². The lowest BCUT2D eigenvalue weighted by molar-refractivity contribution is 0.900.